The van der Waals surface area contributed by atoms with Gasteiger partial charge in [-0.3, -0.25) is 4.68 Å². The quantitative estimate of drug-likeness (QED) is 0.811. The summed E-state index contributed by atoms with van der Waals surface area (Å²) in [5.74, 6) is 1.50. The highest BCUT2D eigenvalue weighted by Gasteiger charge is 2.13. The number of hydrogen-bond acceptors (Lipinski definition) is 3. The Morgan fingerprint density at radius 2 is 2.10 bits per heavy atom. The summed E-state index contributed by atoms with van der Waals surface area (Å²) >= 11 is 0. The molecule has 0 spiro atoms. The molecule has 4 heteroatoms. The number of rotatable bonds is 8. The molecule has 0 bridgehead atoms. The Morgan fingerprint density at radius 3 is 2.76 bits per heavy atom. The average molecular weight is 287 g/mol. The van der Waals surface area contributed by atoms with Crippen LogP contribution in [0.1, 0.15) is 18.1 Å². The fourth-order valence-corrected chi connectivity index (χ4v) is 2.71. The topological polar surface area (TPSA) is 39.1 Å². The second-order valence-corrected chi connectivity index (χ2v) is 5.35. The van der Waals surface area contributed by atoms with E-state index in [0.29, 0.717) is 5.92 Å². The lowest BCUT2D eigenvalue weighted by Gasteiger charge is -2.17. The first kappa shape index (κ1) is 15.6. The van der Waals surface area contributed by atoms with E-state index in [-0.39, 0.29) is 0 Å². The number of hydrogen-bond donors (Lipinski definition) is 1. The van der Waals surface area contributed by atoms with Gasteiger partial charge < -0.3 is 10.1 Å². The number of para-hydroxylation sites is 1. The second kappa shape index (κ2) is 7.84. The first-order valence-electron chi connectivity index (χ1n) is 7.54. The number of nitrogens with one attached hydrogen (secondary N) is 1. The average Bonchev–Trinajstić information content (AvgIpc) is 2.95. The normalized spacial score (nSPS) is 12.3. The van der Waals surface area contributed by atoms with E-state index in [1.807, 2.05) is 30.1 Å². The number of benzene rings is 1. The van der Waals surface area contributed by atoms with Gasteiger partial charge in [-0.05, 0) is 56.5 Å². The van der Waals surface area contributed by atoms with Crippen LogP contribution in [-0.2, 0) is 19.4 Å². The monoisotopic (exact) mass is 287 g/mol. The van der Waals surface area contributed by atoms with Crippen molar-refractivity contribution < 1.29 is 4.74 Å². The predicted octanol–water partition coefficient (Wildman–Crippen LogP) is 2.53. The molecule has 1 atom stereocenters. The lowest BCUT2D eigenvalue weighted by Crippen LogP contribution is -2.22. The van der Waals surface area contributed by atoms with Crippen molar-refractivity contribution in [2.45, 2.75) is 26.3 Å². The van der Waals surface area contributed by atoms with Crippen LogP contribution in [0.5, 0.6) is 5.75 Å². The summed E-state index contributed by atoms with van der Waals surface area (Å²) in [6, 6.07) is 8.27. The first-order chi connectivity index (χ1) is 10.3. The molecule has 1 unspecified atom stereocenters. The lowest BCUT2D eigenvalue weighted by molar-refractivity contribution is 0.402. The zero-order valence-electron chi connectivity index (χ0n) is 13.2. The summed E-state index contributed by atoms with van der Waals surface area (Å²) in [7, 11) is 3.74. The molecule has 0 aliphatic heterocycles. The minimum absolute atomic E-state index is 0.529. The van der Waals surface area contributed by atoms with E-state index in [9.17, 15) is 0 Å². The Bertz CT molecular complexity index is 550. The Balaban J connectivity index is 2.07. The van der Waals surface area contributed by atoms with Crippen LogP contribution in [0.15, 0.2) is 36.7 Å². The zero-order chi connectivity index (χ0) is 15.1. The van der Waals surface area contributed by atoms with Crippen molar-refractivity contribution >= 4 is 0 Å². The zero-order valence-corrected chi connectivity index (χ0v) is 13.2. The van der Waals surface area contributed by atoms with Crippen molar-refractivity contribution in [1.29, 1.82) is 0 Å². The van der Waals surface area contributed by atoms with Gasteiger partial charge in [0.2, 0.25) is 0 Å². The van der Waals surface area contributed by atoms with Crippen LogP contribution in [0.3, 0.4) is 0 Å². The summed E-state index contributed by atoms with van der Waals surface area (Å²) in [5.41, 5.74) is 2.56. The van der Waals surface area contributed by atoms with Gasteiger partial charge in [0.25, 0.3) is 0 Å². The van der Waals surface area contributed by atoms with Crippen LogP contribution in [0.2, 0.25) is 0 Å². The van der Waals surface area contributed by atoms with E-state index in [1.54, 1.807) is 7.11 Å². The van der Waals surface area contributed by atoms with Crippen LogP contribution in [0, 0.1) is 5.92 Å². The number of nitrogens with zero attached hydrogens (tertiary/aromatic N) is 2. The van der Waals surface area contributed by atoms with E-state index in [4.69, 9.17) is 4.74 Å². The molecule has 0 saturated heterocycles. The molecule has 114 valence electrons. The number of aryl methyl sites for hydroxylation is 1. The van der Waals surface area contributed by atoms with Crippen LogP contribution >= 0.6 is 0 Å². The van der Waals surface area contributed by atoms with Crippen LogP contribution in [-0.4, -0.2) is 30.5 Å². The molecule has 0 aliphatic rings. The highest BCUT2D eigenvalue weighted by atomic mass is 16.5. The molecule has 4 nitrogen and oxygen atoms in total. The van der Waals surface area contributed by atoms with Crippen molar-refractivity contribution in [2.24, 2.45) is 5.92 Å². The Kier molecular flexibility index (Phi) is 5.81. The van der Waals surface area contributed by atoms with E-state index in [2.05, 4.69) is 35.7 Å². The van der Waals surface area contributed by atoms with Gasteiger partial charge in [-0.25, -0.2) is 0 Å². The van der Waals surface area contributed by atoms with Crippen molar-refractivity contribution in [2.75, 3.05) is 20.7 Å². The summed E-state index contributed by atoms with van der Waals surface area (Å²) in [4.78, 5) is 0. The van der Waals surface area contributed by atoms with Crippen molar-refractivity contribution in [3.05, 3.63) is 47.8 Å². The SMILES string of the molecule is CCn1cc(CC(CNC)Cc2ccccc2OC)cn1. The maximum Gasteiger partial charge on any atom is 0.122 e. The summed E-state index contributed by atoms with van der Waals surface area (Å²) in [5, 5.41) is 7.66. The molecule has 0 amide bonds. The van der Waals surface area contributed by atoms with E-state index in [1.165, 1.54) is 11.1 Å². The third kappa shape index (κ3) is 4.33. The molecule has 2 aromatic rings. The molecule has 0 fully saturated rings. The van der Waals surface area contributed by atoms with Gasteiger partial charge in [-0.1, -0.05) is 18.2 Å². The molecule has 1 N–H and O–H groups in total. The highest BCUT2D eigenvalue weighted by molar-refractivity contribution is 5.33. The maximum atomic E-state index is 5.46. The van der Waals surface area contributed by atoms with Gasteiger partial charge in [0.05, 0.1) is 13.3 Å². The molecular weight excluding hydrogens is 262 g/mol. The third-order valence-corrected chi connectivity index (χ3v) is 3.73. The summed E-state index contributed by atoms with van der Waals surface area (Å²) in [6.45, 7) is 4.01. The fourth-order valence-electron chi connectivity index (χ4n) is 2.71. The Hall–Kier alpha value is -1.81. The molecular formula is C17H25N3O. The van der Waals surface area contributed by atoms with Crippen molar-refractivity contribution in [1.82, 2.24) is 15.1 Å². The smallest absolute Gasteiger partial charge is 0.122 e. The van der Waals surface area contributed by atoms with Gasteiger partial charge in [-0.15, -0.1) is 0 Å². The Morgan fingerprint density at radius 1 is 1.29 bits per heavy atom. The predicted molar refractivity (Wildman–Crippen MR) is 85.7 cm³/mol. The highest BCUT2D eigenvalue weighted by Crippen LogP contribution is 2.22. The van der Waals surface area contributed by atoms with Gasteiger partial charge in [0.1, 0.15) is 5.75 Å². The summed E-state index contributed by atoms with van der Waals surface area (Å²) in [6.07, 6.45) is 6.15. The van der Waals surface area contributed by atoms with Crippen molar-refractivity contribution in [3.8, 4) is 5.75 Å². The number of methoxy groups -OCH3 is 1. The molecule has 0 radical (unpaired) electrons. The molecule has 1 heterocycles. The lowest BCUT2D eigenvalue weighted by atomic mass is 9.93. The number of aromatic nitrogens is 2. The molecule has 21 heavy (non-hydrogen) atoms. The van der Waals surface area contributed by atoms with E-state index in [0.717, 1.165) is 31.7 Å². The molecule has 1 aromatic carbocycles. The first-order valence-corrected chi connectivity index (χ1v) is 7.54. The fraction of sp³-hybridized carbons (Fsp3) is 0.471. The van der Waals surface area contributed by atoms with Gasteiger partial charge in [-0.2, -0.15) is 5.10 Å². The second-order valence-electron chi connectivity index (χ2n) is 5.35. The minimum Gasteiger partial charge on any atom is -0.496 e. The van der Waals surface area contributed by atoms with Gasteiger partial charge in [0.15, 0.2) is 0 Å². The van der Waals surface area contributed by atoms with Gasteiger partial charge >= 0.3 is 0 Å². The number of ether oxygens (including phenoxy) is 1. The third-order valence-electron chi connectivity index (χ3n) is 3.73. The molecule has 2 rings (SSSR count). The standard InChI is InChI=1S/C17H25N3O/c1-4-20-13-15(12-19-20)9-14(11-18-2)10-16-7-5-6-8-17(16)21-3/h5-8,12-14,18H,4,9-11H2,1-3H3. The minimum atomic E-state index is 0.529. The molecule has 0 aliphatic carbocycles. The van der Waals surface area contributed by atoms with Crippen LogP contribution in [0.4, 0.5) is 0 Å². The molecule has 0 saturated carbocycles. The van der Waals surface area contributed by atoms with Crippen LogP contribution in [0.25, 0.3) is 0 Å². The molecule has 1 aromatic heterocycles. The van der Waals surface area contributed by atoms with Gasteiger partial charge in [0, 0.05) is 12.7 Å². The Labute approximate surface area is 127 Å². The van der Waals surface area contributed by atoms with Crippen molar-refractivity contribution in [3.63, 3.8) is 0 Å². The van der Waals surface area contributed by atoms with E-state index >= 15 is 0 Å². The van der Waals surface area contributed by atoms with Crippen LogP contribution < -0.4 is 10.1 Å². The summed E-state index contributed by atoms with van der Waals surface area (Å²) < 4.78 is 7.44. The van der Waals surface area contributed by atoms with E-state index < -0.39 is 0 Å². The maximum absolute atomic E-state index is 5.46. The largest absolute Gasteiger partial charge is 0.496 e.